The van der Waals surface area contributed by atoms with Gasteiger partial charge in [-0.2, -0.15) is 5.26 Å². The van der Waals surface area contributed by atoms with Crippen LogP contribution in [0.1, 0.15) is 44.6 Å². The van der Waals surface area contributed by atoms with Crippen molar-refractivity contribution in [1.29, 1.82) is 5.26 Å². The van der Waals surface area contributed by atoms with Crippen molar-refractivity contribution in [3.8, 4) is 11.8 Å². The highest BCUT2D eigenvalue weighted by molar-refractivity contribution is 9.10. The SMILES string of the molecule is CCCCCCCOc1ccc(C#N)cc1Br. The van der Waals surface area contributed by atoms with E-state index >= 15 is 0 Å². The van der Waals surface area contributed by atoms with Crippen molar-refractivity contribution in [2.45, 2.75) is 39.0 Å². The van der Waals surface area contributed by atoms with Crippen LogP contribution in [0.3, 0.4) is 0 Å². The fourth-order valence-corrected chi connectivity index (χ4v) is 2.07. The fraction of sp³-hybridized carbons (Fsp3) is 0.500. The average molecular weight is 296 g/mol. The minimum absolute atomic E-state index is 0.646. The molecule has 0 saturated carbocycles. The monoisotopic (exact) mass is 295 g/mol. The van der Waals surface area contributed by atoms with Crippen LogP contribution in [0.15, 0.2) is 22.7 Å². The Morgan fingerprint density at radius 1 is 1.24 bits per heavy atom. The van der Waals surface area contributed by atoms with Gasteiger partial charge in [-0.1, -0.05) is 32.6 Å². The molecule has 0 atom stereocenters. The summed E-state index contributed by atoms with van der Waals surface area (Å²) < 4.78 is 6.51. The molecule has 0 heterocycles. The Morgan fingerprint density at radius 3 is 2.65 bits per heavy atom. The second-order valence-corrected chi connectivity index (χ2v) is 4.87. The molecule has 0 amide bonds. The van der Waals surface area contributed by atoms with Gasteiger partial charge in [-0.3, -0.25) is 0 Å². The quantitative estimate of drug-likeness (QED) is 0.685. The molecule has 2 nitrogen and oxygen atoms in total. The van der Waals surface area contributed by atoms with Crippen molar-refractivity contribution in [2.24, 2.45) is 0 Å². The van der Waals surface area contributed by atoms with Crippen LogP contribution < -0.4 is 4.74 Å². The van der Waals surface area contributed by atoms with Gasteiger partial charge in [0.15, 0.2) is 0 Å². The number of ether oxygens (including phenoxy) is 1. The maximum absolute atomic E-state index is 8.74. The van der Waals surface area contributed by atoms with Crippen LogP contribution in [0, 0.1) is 11.3 Å². The molecule has 0 spiro atoms. The Hall–Kier alpha value is -1.01. The average Bonchev–Trinajstić information content (AvgIpc) is 2.35. The molecule has 3 heteroatoms. The number of nitrogens with zero attached hydrogens (tertiary/aromatic N) is 1. The van der Waals surface area contributed by atoms with E-state index in [0.717, 1.165) is 23.2 Å². The topological polar surface area (TPSA) is 33.0 Å². The summed E-state index contributed by atoms with van der Waals surface area (Å²) in [4.78, 5) is 0. The lowest BCUT2D eigenvalue weighted by atomic mass is 10.2. The van der Waals surface area contributed by atoms with Crippen molar-refractivity contribution >= 4 is 15.9 Å². The van der Waals surface area contributed by atoms with Gasteiger partial charge >= 0.3 is 0 Å². The first-order chi connectivity index (χ1) is 8.27. The van der Waals surface area contributed by atoms with E-state index < -0.39 is 0 Å². The fourth-order valence-electron chi connectivity index (χ4n) is 1.58. The minimum Gasteiger partial charge on any atom is -0.492 e. The third-order valence-corrected chi connectivity index (χ3v) is 3.19. The Bertz CT molecular complexity index is 384. The summed E-state index contributed by atoms with van der Waals surface area (Å²) in [7, 11) is 0. The third-order valence-electron chi connectivity index (χ3n) is 2.57. The number of halogens is 1. The summed E-state index contributed by atoms with van der Waals surface area (Å²) in [6.07, 6.45) is 6.17. The molecule has 0 saturated heterocycles. The normalized spacial score (nSPS) is 9.94. The van der Waals surface area contributed by atoms with Crippen LogP contribution in [-0.4, -0.2) is 6.61 Å². The van der Waals surface area contributed by atoms with Crippen molar-refractivity contribution < 1.29 is 4.74 Å². The Labute approximate surface area is 112 Å². The summed E-state index contributed by atoms with van der Waals surface area (Å²) in [5.41, 5.74) is 0.646. The van der Waals surface area contributed by atoms with Gasteiger partial charge < -0.3 is 4.74 Å². The van der Waals surface area contributed by atoms with Gasteiger partial charge in [0.2, 0.25) is 0 Å². The lowest BCUT2D eigenvalue weighted by Gasteiger charge is -2.08. The molecule has 0 unspecified atom stereocenters. The number of benzene rings is 1. The highest BCUT2D eigenvalue weighted by Gasteiger charge is 2.02. The molecule has 0 aliphatic heterocycles. The number of unbranched alkanes of at least 4 members (excludes halogenated alkanes) is 4. The van der Waals surface area contributed by atoms with E-state index in [9.17, 15) is 0 Å². The molecule has 92 valence electrons. The zero-order valence-corrected chi connectivity index (χ0v) is 11.8. The molecule has 1 aromatic rings. The van der Waals surface area contributed by atoms with E-state index in [1.54, 1.807) is 12.1 Å². The first-order valence-electron chi connectivity index (χ1n) is 6.10. The zero-order chi connectivity index (χ0) is 12.5. The summed E-state index contributed by atoms with van der Waals surface area (Å²) in [6.45, 7) is 2.96. The van der Waals surface area contributed by atoms with E-state index in [1.807, 2.05) is 6.07 Å². The number of nitriles is 1. The van der Waals surface area contributed by atoms with Gasteiger partial charge in [0, 0.05) is 0 Å². The molecule has 1 aromatic carbocycles. The predicted octanol–water partition coefficient (Wildman–Crippen LogP) is 4.67. The van der Waals surface area contributed by atoms with E-state index in [2.05, 4.69) is 28.9 Å². The van der Waals surface area contributed by atoms with Crippen LogP contribution >= 0.6 is 15.9 Å². The van der Waals surface area contributed by atoms with Gasteiger partial charge in [-0.05, 0) is 40.5 Å². The summed E-state index contributed by atoms with van der Waals surface area (Å²) >= 11 is 3.41. The van der Waals surface area contributed by atoms with Crippen LogP contribution in [0.5, 0.6) is 5.75 Å². The second kappa shape index (κ2) is 8.14. The predicted molar refractivity (Wildman–Crippen MR) is 73.1 cm³/mol. The molecular formula is C14H18BrNO. The van der Waals surface area contributed by atoms with Crippen molar-refractivity contribution in [3.05, 3.63) is 28.2 Å². The Morgan fingerprint density at radius 2 is 2.00 bits per heavy atom. The van der Waals surface area contributed by atoms with Crippen molar-refractivity contribution in [1.82, 2.24) is 0 Å². The van der Waals surface area contributed by atoms with Gasteiger partial charge in [0.1, 0.15) is 5.75 Å². The lowest BCUT2D eigenvalue weighted by Crippen LogP contribution is -1.98. The van der Waals surface area contributed by atoms with E-state index in [1.165, 1.54) is 25.7 Å². The number of hydrogen-bond acceptors (Lipinski definition) is 2. The van der Waals surface area contributed by atoms with Gasteiger partial charge in [-0.15, -0.1) is 0 Å². The molecule has 1 rings (SSSR count). The van der Waals surface area contributed by atoms with Crippen molar-refractivity contribution in [2.75, 3.05) is 6.61 Å². The van der Waals surface area contributed by atoms with Gasteiger partial charge in [0.05, 0.1) is 22.7 Å². The van der Waals surface area contributed by atoms with Gasteiger partial charge in [-0.25, -0.2) is 0 Å². The Kier molecular flexibility index (Phi) is 6.73. The molecule has 0 aliphatic carbocycles. The van der Waals surface area contributed by atoms with Gasteiger partial charge in [0.25, 0.3) is 0 Å². The lowest BCUT2D eigenvalue weighted by molar-refractivity contribution is 0.303. The highest BCUT2D eigenvalue weighted by Crippen LogP contribution is 2.25. The molecule has 0 aliphatic rings. The maximum Gasteiger partial charge on any atom is 0.133 e. The van der Waals surface area contributed by atoms with Crippen molar-refractivity contribution in [3.63, 3.8) is 0 Å². The minimum atomic E-state index is 0.646. The summed E-state index contributed by atoms with van der Waals surface area (Å²) in [5, 5.41) is 8.74. The molecule has 0 fully saturated rings. The molecule has 17 heavy (non-hydrogen) atoms. The number of rotatable bonds is 7. The maximum atomic E-state index is 8.74. The standard InChI is InChI=1S/C14H18BrNO/c1-2-3-4-5-6-9-17-14-8-7-12(11-16)10-13(14)15/h7-8,10H,2-6,9H2,1H3. The molecule has 0 radical (unpaired) electrons. The van der Waals surface area contributed by atoms with Crippen LogP contribution in [-0.2, 0) is 0 Å². The molecule has 0 bridgehead atoms. The zero-order valence-electron chi connectivity index (χ0n) is 10.2. The highest BCUT2D eigenvalue weighted by atomic mass is 79.9. The molecular weight excluding hydrogens is 278 g/mol. The number of hydrogen-bond donors (Lipinski definition) is 0. The second-order valence-electron chi connectivity index (χ2n) is 4.02. The molecule has 0 N–H and O–H groups in total. The van der Waals surface area contributed by atoms with E-state index in [-0.39, 0.29) is 0 Å². The third kappa shape index (κ3) is 5.23. The Balaban J connectivity index is 2.30. The van der Waals surface area contributed by atoms with Crippen LogP contribution in [0.25, 0.3) is 0 Å². The van der Waals surface area contributed by atoms with Crippen LogP contribution in [0.4, 0.5) is 0 Å². The summed E-state index contributed by atoms with van der Waals surface area (Å²) in [5.74, 6) is 0.819. The van der Waals surface area contributed by atoms with E-state index in [0.29, 0.717) is 5.56 Å². The summed E-state index contributed by atoms with van der Waals surface area (Å²) in [6, 6.07) is 7.50. The van der Waals surface area contributed by atoms with Crippen LogP contribution in [0.2, 0.25) is 0 Å². The van der Waals surface area contributed by atoms with E-state index in [4.69, 9.17) is 10.00 Å². The first kappa shape index (κ1) is 14.1. The first-order valence-corrected chi connectivity index (χ1v) is 6.89. The largest absolute Gasteiger partial charge is 0.492 e. The smallest absolute Gasteiger partial charge is 0.133 e. The molecule has 0 aromatic heterocycles.